The highest BCUT2D eigenvalue weighted by Crippen LogP contribution is 2.20. The van der Waals surface area contributed by atoms with E-state index in [9.17, 15) is 0 Å². The highest BCUT2D eigenvalue weighted by atomic mass is 15.1. The molecule has 2 nitrogen and oxygen atoms in total. The second-order valence-electron chi connectivity index (χ2n) is 6.14. The third-order valence-corrected chi connectivity index (χ3v) is 3.45. The van der Waals surface area contributed by atoms with Crippen molar-refractivity contribution in [2.75, 3.05) is 13.1 Å². The summed E-state index contributed by atoms with van der Waals surface area (Å²) in [4.78, 5) is 7.13. The van der Waals surface area contributed by atoms with E-state index >= 15 is 0 Å². The zero-order valence-corrected chi connectivity index (χ0v) is 11.4. The molecule has 1 aromatic rings. The van der Waals surface area contributed by atoms with Gasteiger partial charge in [0.1, 0.15) is 0 Å². The average Bonchev–Trinajstić information content (AvgIpc) is 2.30. The van der Waals surface area contributed by atoms with Gasteiger partial charge >= 0.3 is 0 Å². The molecule has 0 aliphatic carbocycles. The molecule has 0 radical (unpaired) electrons. The van der Waals surface area contributed by atoms with E-state index in [2.05, 4.69) is 49.0 Å². The molecule has 0 spiro atoms. The van der Waals surface area contributed by atoms with Crippen molar-refractivity contribution in [3.8, 4) is 0 Å². The third kappa shape index (κ3) is 3.53. The second-order valence-corrected chi connectivity index (χ2v) is 6.14. The Balaban J connectivity index is 1.98. The normalized spacial score (nSPS) is 18.3. The molecule has 17 heavy (non-hydrogen) atoms. The highest BCUT2D eigenvalue weighted by Gasteiger charge is 2.15. The molecular formula is C15H24N2. The van der Waals surface area contributed by atoms with Crippen molar-refractivity contribution >= 4 is 0 Å². The maximum absolute atomic E-state index is 4.59. The molecule has 0 amide bonds. The van der Waals surface area contributed by atoms with Gasteiger partial charge in [0.2, 0.25) is 0 Å². The fraction of sp³-hybridized carbons (Fsp3) is 0.667. The predicted molar refractivity (Wildman–Crippen MR) is 72.1 cm³/mol. The number of rotatable bonds is 2. The van der Waals surface area contributed by atoms with Gasteiger partial charge in [-0.2, -0.15) is 0 Å². The summed E-state index contributed by atoms with van der Waals surface area (Å²) in [5.41, 5.74) is 2.68. The first kappa shape index (κ1) is 12.6. The smallest absolute Gasteiger partial charge is 0.0457 e. The zero-order chi connectivity index (χ0) is 12.3. The van der Waals surface area contributed by atoms with Crippen LogP contribution >= 0.6 is 0 Å². The molecule has 1 aliphatic rings. The Morgan fingerprint density at radius 2 is 1.82 bits per heavy atom. The van der Waals surface area contributed by atoms with Crippen molar-refractivity contribution in [3.63, 3.8) is 0 Å². The average molecular weight is 232 g/mol. The second kappa shape index (κ2) is 5.18. The number of nitrogens with zero attached hydrogens (tertiary/aromatic N) is 2. The number of hydrogen-bond donors (Lipinski definition) is 0. The van der Waals surface area contributed by atoms with Crippen molar-refractivity contribution in [1.29, 1.82) is 0 Å². The van der Waals surface area contributed by atoms with Crippen LogP contribution in [0.15, 0.2) is 18.3 Å². The largest absolute Gasteiger partial charge is 0.299 e. The van der Waals surface area contributed by atoms with Crippen LogP contribution < -0.4 is 0 Å². The van der Waals surface area contributed by atoms with Gasteiger partial charge in [0.25, 0.3) is 0 Å². The van der Waals surface area contributed by atoms with Crippen LogP contribution in [0.3, 0.4) is 0 Å². The molecule has 1 fully saturated rings. The maximum atomic E-state index is 4.59. The topological polar surface area (TPSA) is 16.1 Å². The number of hydrogen-bond acceptors (Lipinski definition) is 2. The Hall–Kier alpha value is -0.890. The Labute approximate surface area is 105 Å². The highest BCUT2D eigenvalue weighted by molar-refractivity contribution is 5.19. The van der Waals surface area contributed by atoms with Crippen LogP contribution in [-0.2, 0) is 12.0 Å². The molecule has 2 heteroatoms. The minimum atomic E-state index is 0.156. The molecule has 0 unspecified atom stereocenters. The summed E-state index contributed by atoms with van der Waals surface area (Å²) in [7, 11) is 0. The van der Waals surface area contributed by atoms with Crippen LogP contribution in [0.4, 0.5) is 0 Å². The van der Waals surface area contributed by atoms with Gasteiger partial charge in [-0.25, -0.2) is 0 Å². The summed E-state index contributed by atoms with van der Waals surface area (Å²) in [6.45, 7) is 10.2. The first-order valence-corrected chi connectivity index (χ1v) is 6.73. The van der Waals surface area contributed by atoms with Crippen molar-refractivity contribution in [2.24, 2.45) is 0 Å². The minimum absolute atomic E-state index is 0.156. The molecule has 0 bridgehead atoms. The van der Waals surface area contributed by atoms with Crippen LogP contribution in [0.1, 0.15) is 51.3 Å². The molecule has 0 aromatic carbocycles. The minimum Gasteiger partial charge on any atom is -0.299 e. The number of pyridine rings is 1. The Morgan fingerprint density at radius 1 is 1.12 bits per heavy atom. The summed E-state index contributed by atoms with van der Waals surface area (Å²) in [6.07, 6.45) is 6.16. The van der Waals surface area contributed by atoms with Crippen molar-refractivity contribution < 1.29 is 0 Å². The number of aromatic nitrogens is 1. The van der Waals surface area contributed by atoms with Gasteiger partial charge in [-0.15, -0.1) is 0 Å². The van der Waals surface area contributed by atoms with E-state index in [0.717, 1.165) is 6.54 Å². The summed E-state index contributed by atoms with van der Waals surface area (Å²) >= 11 is 0. The first-order chi connectivity index (χ1) is 8.05. The lowest BCUT2D eigenvalue weighted by atomic mass is 9.91. The monoisotopic (exact) mass is 232 g/mol. The summed E-state index contributed by atoms with van der Waals surface area (Å²) in [5, 5.41) is 0. The Bertz CT molecular complexity index is 342. The molecule has 2 rings (SSSR count). The predicted octanol–water partition coefficient (Wildman–Crippen LogP) is 3.37. The lowest BCUT2D eigenvalue weighted by Gasteiger charge is -2.26. The van der Waals surface area contributed by atoms with Crippen LogP contribution in [0.5, 0.6) is 0 Å². The maximum Gasteiger partial charge on any atom is 0.0457 e. The summed E-state index contributed by atoms with van der Waals surface area (Å²) in [5.74, 6) is 0. The molecule has 2 heterocycles. The molecule has 0 saturated carbocycles. The standard InChI is InChI=1S/C15H24N2/c1-15(2,3)14-8-7-13(11-16-14)12-17-9-5-4-6-10-17/h7-8,11H,4-6,9-10,12H2,1-3H3. The van der Waals surface area contributed by atoms with E-state index in [4.69, 9.17) is 0 Å². The fourth-order valence-electron chi connectivity index (χ4n) is 2.34. The lowest BCUT2D eigenvalue weighted by molar-refractivity contribution is 0.220. The van der Waals surface area contributed by atoms with E-state index in [1.165, 1.54) is 43.6 Å². The molecule has 1 aliphatic heterocycles. The van der Waals surface area contributed by atoms with Gasteiger partial charge in [-0.3, -0.25) is 9.88 Å². The lowest BCUT2D eigenvalue weighted by Crippen LogP contribution is -2.29. The fourth-order valence-corrected chi connectivity index (χ4v) is 2.34. The van der Waals surface area contributed by atoms with Crippen LogP contribution in [0.2, 0.25) is 0 Å². The SMILES string of the molecule is CC(C)(C)c1ccc(CN2CCCCC2)cn1. The molecule has 0 atom stereocenters. The van der Waals surface area contributed by atoms with Crippen molar-refractivity contribution in [3.05, 3.63) is 29.6 Å². The van der Waals surface area contributed by atoms with E-state index in [1.54, 1.807) is 0 Å². The summed E-state index contributed by atoms with van der Waals surface area (Å²) in [6, 6.07) is 4.42. The van der Waals surface area contributed by atoms with E-state index in [1.807, 2.05) is 0 Å². The van der Waals surface area contributed by atoms with Crippen LogP contribution in [0, 0.1) is 0 Å². The van der Waals surface area contributed by atoms with E-state index < -0.39 is 0 Å². The van der Waals surface area contributed by atoms with Crippen LogP contribution in [-0.4, -0.2) is 23.0 Å². The Morgan fingerprint density at radius 3 is 2.35 bits per heavy atom. The van der Waals surface area contributed by atoms with E-state index in [0.29, 0.717) is 0 Å². The van der Waals surface area contributed by atoms with E-state index in [-0.39, 0.29) is 5.41 Å². The molecule has 94 valence electrons. The van der Waals surface area contributed by atoms with Gasteiger partial charge in [0, 0.05) is 23.9 Å². The molecule has 1 saturated heterocycles. The van der Waals surface area contributed by atoms with Crippen molar-refractivity contribution in [1.82, 2.24) is 9.88 Å². The number of likely N-dealkylation sites (tertiary alicyclic amines) is 1. The first-order valence-electron chi connectivity index (χ1n) is 6.73. The van der Waals surface area contributed by atoms with Gasteiger partial charge < -0.3 is 0 Å². The van der Waals surface area contributed by atoms with Gasteiger partial charge in [0.05, 0.1) is 0 Å². The zero-order valence-electron chi connectivity index (χ0n) is 11.4. The number of piperidine rings is 1. The van der Waals surface area contributed by atoms with Gasteiger partial charge in [-0.05, 0) is 37.6 Å². The summed E-state index contributed by atoms with van der Waals surface area (Å²) < 4.78 is 0. The van der Waals surface area contributed by atoms with Crippen molar-refractivity contribution in [2.45, 2.75) is 52.0 Å². The molecular weight excluding hydrogens is 208 g/mol. The van der Waals surface area contributed by atoms with Gasteiger partial charge in [0.15, 0.2) is 0 Å². The molecule has 1 aromatic heterocycles. The molecule has 0 N–H and O–H groups in total. The van der Waals surface area contributed by atoms with Crippen LogP contribution in [0.25, 0.3) is 0 Å². The Kier molecular flexibility index (Phi) is 3.82. The third-order valence-electron chi connectivity index (χ3n) is 3.45. The van der Waals surface area contributed by atoms with Gasteiger partial charge in [-0.1, -0.05) is 33.3 Å². The quantitative estimate of drug-likeness (QED) is 0.777.